The first-order chi connectivity index (χ1) is 14.1. The van der Waals surface area contributed by atoms with Gasteiger partial charge in [-0.3, -0.25) is 34.7 Å². The van der Waals surface area contributed by atoms with Gasteiger partial charge in [0.15, 0.2) is 0 Å². The highest BCUT2D eigenvalue weighted by atomic mass is 35.5. The normalized spacial score (nSPS) is 15.1. The number of nitrogens with zero attached hydrogens (tertiary/aromatic N) is 3. The number of non-ortho nitro benzene ring substituents is 1. The number of carbonyl (C=O) groups is 2. The van der Waals surface area contributed by atoms with Crippen molar-refractivity contribution in [2.75, 3.05) is 0 Å². The Kier molecular flexibility index (Phi) is 5.71. The number of hydrogen-bond acceptors (Lipinski definition) is 8. The number of benzene rings is 2. The van der Waals surface area contributed by atoms with E-state index in [4.69, 9.17) is 11.6 Å². The number of phenols is 1. The molecule has 0 aromatic heterocycles. The van der Waals surface area contributed by atoms with E-state index in [1.54, 1.807) is 0 Å². The van der Waals surface area contributed by atoms with Gasteiger partial charge in [-0.2, -0.15) is 0 Å². The molecule has 0 spiro atoms. The highest BCUT2D eigenvalue weighted by molar-refractivity contribution is 8.18. The van der Waals surface area contributed by atoms with Crippen molar-refractivity contribution >= 4 is 52.0 Å². The summed E-state index contributed by atoms with van der Waals surface area (Å²) in [6.45, 7) is -0.262. The van der Waals surface area contributed by atoms with Crippen molar-refractivity contribution < 1.29 is 28.9 Å². The van der Waals surface area contributed by atoms with Crippen LogP contribution in [0.25, 0.3) is 6.08 Å². The van der Waals surface area contributed by atoms with Gasteiger partial charge in [0.2, 0.25) is 5.75 Å². The lowest BCUT2D eigenvalue weighted by Crippen LogP contribution is -2.27. The molecular formula is C17H9ClFN3O7S. The number of imide groups is 1. The fraction of sp³-hybridized carbons (Fsp3) is 0.0588. The molecular weight excluding hydrogens is 445 g/mol. The van der Waals surface area contributed by atoms with Gasteiger partial charge in [-0.05, 0) is 35.5 Å². The quantitative estimate of drug-likeness (QED) is 0.402. The second-order valence-electron chi connectivity index (χ2n) is 5.92. The Labute approximate surface area is 175 Å². The van der Waals surface area contributed by atoms with Crippen LogP contribution in [0.5, 0.6) is 5.75 Å². The number of halogens is 2. The van der Waals surface area contributed by atoms with Crippen LogP contribution in [-0.4, -0.2) is 31.0 Å². The summed E-state index contributed by atoms with van der Waals surface area (Å²) in [7, 11) is 0. The molecule has 2 amide bonds. The third-order valence-corrected chi connectivity index (χ3v) is 5.27. The highest BCUT2D eigenvalue weighted by Gasteiger charge is 2.36. The van der Waals surface area contributed by atoms with Crippen molar-refractivity contribution in [1.82, 2.24) is 4.90 Å². The van der Waals surface area contributed by atoms with E-state index in [1.807, 2.05) is 0 Å². The molecule has 0 saturated carbocycles. The lowest BCUT2D eigenvalue weighted by molar-refractivity contribution is -0.394. The molecule has 2 aromatic rings. The molecule has 1 fully saturated rings. The van der Waals surface area contributed by atoms with Crippen molar-refractivity contribution in [2.45, 2.75) is 6.54 Å². The van der Waals surface area contributed by atoms with Gasteiger partial charge in [-0.15, -0.1) is 0 Å². The fourth-order valence-corrected chi connectivity index (χ4v) is 3.63. The Hall–Kier alpha value is -3.51. The molecule has 154 valence electrons. The van der Waals surface area contributed by atoms with Gasteiger partial charge in [-0.1, -0.05) is 17.7 Å². The SMILES string of the molecule is O=C1S/C(=C\c2cc([N+](=O)[O-])cc([N+](=O)[O-])c2O)C(=O)N1Cc1ccc(F)cc1Cl. The standard InChI is InChI=1S/C17H9ClFN3O7S/c18-12-5-10(19)2-1-8(12)7-20-16(24)14(30-17(20)25)4-9-3-11(21(26)27)6-13(15(9)23)22(28)29/h1-6,23H,7H2/b14-4-. The number of carbonyl (C=O) groups excluding carboxylic acids is 2. The van der Waals surface area contributed by atoms with Crippen molar-refractivity contribution in [3.8, 4) is 5.75 Å². The number of thioether (sulfide) groups is 1. The molecule has 3 rings (SSSR count). The van der Waals surface area contributed by atoms with E-state index >= 15 is 0 Å². The summed E-state index contributed by atoms with van der Waals surface area (Å²) in [6.07, 6.45) is 0.951. The predicted molar refractivity (Wildman–Crippen MR) is 104 cm³/mol. The topological polar surface area (TPSA) is 144 Å². The maximum Gasteiger partial charge on any atom is 0.318 e. The monoisotopic (exact) mass is 453 g/mol. The Morgan fingerprint density at radius 1 is 1.17 bits per heavy atom. The molecule has 1 saturated heterocycles. The molecule has 13 heteroatoms. The molecule has 0 atom stereocenters. The Morgan fingerprint density at radius 2 is 1.87 bits per heavy atom. The minimum atomic E-state index is -1.01. The zero-order valence-corrected chi connectivity index (χ0v) is 16.1. The maximum absolute atomic E-state index is 13.2. The summed E-state index contributed by atoms with van der Waals surface area (Å²) in [5.74, 6) is -2.29. The molecule has 30 heavy (non-hydrogen) atoms. The van der Waals surface area contributed by atoms with Gasteiger partial charge in [0, 0.05) is 16.7 Å². The largest absolute Gasteiger partial charge is 0.502 e. The van der Waals surface area contributed by atoms with Crippen LogP contribution >= 0.6 is 23.4 Å². The summed E-state index contributed by atoms with van der Waals surface area (Å²) in [5, 5.41) is 31.4. The van der Waals surface area contributed by atoms with Gasteiger partial charge in [0.25, 0.3) is 16.8 Å². The summed E-state index contributed by atoms with van der Waals surface area (Å²) in [4.78, 5) is 45.6. The van der Waals surface area contributed by atoms with Gasteiger partial charge in [0.1, 0.15) is 5.82 Å². The zero-order chi connectivity index (χ0) is 22.2. The number of nitro benzene ring substituents is 2. The molecule has 1 heterocycles. The molecule has 0 radical (unpaired) electrons. The number of rotatable bonds is 5. The van der Waals surface area contributed by atoms with Crippen molar-refractivity contribution in [2.24, 2.45) is 0 Å². The number of hydrogen-bond donors (Lipinski definition) is 1. The van der Waals surface area contributed by atoms with Crippen LogP contribution in [0.4, 0.5) is 20.6 Å². The predicted octanol–water partition coefficient (Wildman–Crippen LogP) is 4.24. The van der Waals surface area contributed by atoms with Crippen LogP contribution < -0.4 is 0 Å². The van der Waals surface area contributed by atoms with E-state index in [0.29, 0.717) is 23.4 Å². The van der Waals surface area contributed by atoms with E-state index in [-0.39, 0.29) is 22.0 Å². The van der Waals surface area contributed by atoms with Crippen molar-refractivity contribution in [3.05, 3.63) is 77.4 Å². The molecule has 0 bridgehead atoms. The smallest absolute Gasteiger partial charge is 0.318 e. The third kappa shape index (κ3) is 4.09. The van der Waals surface area contributed by atoms with Crippen LogP contribution in [-0.2, 0) is 11.3 Å². The summed E-state index contributed by atoms with van der Waals surface area (Å²) in [5.41, 5.74) is -1.67. The van der Waals surface area contributed by atoms with Crippen molar-refractivity contribution in [1.29, 1.82) is 0 Å². The van der Waals surface area contributed by atoms with Gasteiger partial charge >= 0.3 is 5.69 Å². The van der Waals surface area contributed by atoms with Crippen LogP contribution in [0.1, 0.15) is 11.1 Å². The van der Waals surface area contributed by atoms with E-state index in [2.05, 4.69) is 0 Å². The molecule has 0 unspecified atom stereocenters. The zero-order valence-electron chi connectivity index (χ0n) is 14.6. The lowest BCUT2D eigenvalue weighted by atomic mass is 10.1. The Morgan fingerprint density at radius 3 is 2.47 bits per heavy atom. The first kappa shape index (κ1) is 21.2. The summed E-state index contributed by atoms with van der Waals surface area (Å²) < 4.78 is 13.2. The second kappa shape index (κ2) is 8.08. The van der Waals surface area contributed by atoms with E-state index < -0.39 is 43.9 Å². The molecule has 10 nitrogen and oxygen atoms in total. The fourth-order valence-electron chi connectivity index (χ4n) is 2.58. The van der Waals surface area contributed by atoms with Gasteiger partial charge < -0.3 is 5.11 Å². The third-order valence-electron chi connectivity index (χ3n) is 4.02. The Bertz CT molecular complexity index is 1150. The molecule has 0 aliphatic carbocycles. The first-order valence-electron chi connectivity index (χ1n) is 7.93. The van der Waals surface area contributed by atoms with Crippen LogP contribution in [0, 0.1) is 26.0 Å². The number of amides is 2. The molecule has 2 aromatic carbocycles. The number of phenolic OH excluding ortho intramolecular Hbond substituents is 1. The number of nitro groups is 2. The summed E-state index contributed by atoms with van der Waals surface area (Å²) >= 11 is 6.39. The Balaban J connectivity index is 1.97. The maximum atomic E-state index is 13.2. The average Bonchev–Trinajstić information content (AvgIpc) is 2.92. The van der Waals surface area contributed by atoms with Crippen LogP contribution in [0.3, 0.4) is 0 Å². The summed E-state index contributed by atoms with van der Waals surface area (Å²) in [6, 6.07) is 4.85. The minimum Gasteiger partial charge on any atom is -0.502 e. The average molecular weight is 454 g/mol. The van der Waals surface area contributed by atoms with Crippen molar-refractivity contribution in [3.63, 3.8) is 0 Å². The van der Waals surface area contributed by atoms with E-state index in [1.165, 1.54) is 6.07 Å². The molecule has 1 aliphatic rings. The van der Waals surface area contributed by atoms with Gasteiger partial charge in [0.05, 0.1) is 27.4 Å². The highest BCUT2D eigenvalue weighted by Crippen LogP contribution is 2.39. The lowest BCUT2D eigenvalue weighted by Gasteiger charge is -2.13. The molecule has 1 aliphatic heterocycles. The van der Waals surface area contributed by atoms with Crippen LogP contribution in [0.2, 0.25) is 5.02 Å². The molecule has 1 N–H and O–H groups in total. The minimum absolute atomic E-state index is 0.00461. The van der Waals surface area contributed by atoms with E-state index in [0.717, 1.165) is 29.2 Å². The first-order valence-corrected chi connectivity index (χ1v) is 9.13. The van der Waals surface area contributed by atoms with Gasteiger partial charge in [-0.25, -0.2) is 4.39 Å². The second-order valence-corrected chi connectivity index (χ2v) is 7.32. The number of aromatic hydroxyl groups is 1. The van der Waals surface area contributed by atoms with E-state index in [9.17, 15) is 39.3 Å². The van der Waals surface area contributed by atoms with Crippen LogP contribution in [0.15, 0.2) is 35.2 Å².